The molecule has 0 fully saturated rings. The number of para-hydroxylation sites is 2. The van der Waals surface area contributed by atoms with Crippen LogP contribution in [0.5, 0.6) is 17.2 Å². The van der Waals surface area contributed by atoms with Crippen LogP contribution >= 0.6 is 0 Å². The van der Waals surface area contributed by atoms with Gasteiger partial charge in [-0.05, 0) is 91.2 Å². The molecule has 0 aliphatic heterocycles. The zero-order chi connectivity index (χ0) is 38.8. The second-order valence-electron chi connectivity index (χ2n) is 13.3. The van der Waals surface area contributed by atoms with Crippen molar-refractivity contribution >= 4 is 21.9 Å². The molecule has 0 atom stereocenters. The van der Waals surface area contributed by atoms with Crippen LogP contribution in [0.1, 0.15) is 17.7 Å². The Morgan fingerprint density at radius 2 is 1.28 bits per heavy atom. The van der Waals surface area contributed by atoms with Crippen molar-refractivity contribution in [1.29, 1.82) is 0 Å². The van der Waals surface area contributed by atoms with Crippen molar-refractivity contribution in [2.24, 2.45) is 0 Å². The Morgan fingerprint density at radius 3 is 2.05 bits per heavy atom. The lowest BCUT2D eigenvalue weighted by atomic mass is 10.1. The van der Waals surface area contributed by atoms with Gasteiger partial charge in [0.15, 0.2) is 11.2 Å². The van der Waals surface area contributed by atoms with Crippen molar-refractivity contribution in [2.45, 2.75) is 26.0 Å². The normalized spacial score (nSPS) is 11.2. The number of nitrogens with zero attached hydrogens (tertiary/aromatic N) is 3. The van der Waals surface area contributed by atoms with Gasteiger partial charge in [0.2, 0.25) is 11.2 Å². The molecule has 286 valence electrons. The van der Waals surface area contributed by atoms with Crippen LogP contribution in [0.25, 0.3) is 44.6 Å². The molecule has 0 aliphatic rings. The molecule has 5 aromatic carbocycles. The highest BCUT2D eigenvalue weighted by Gasteiger charge is 2.18. The monoisotopic (exact) mass is 761 g/mol. The fraction of sp³-hybridized carbons (Fsp3) is 0.174. The van der Waals surface area contributed by atoms with Gasteiger partial charge in [-0.3, -0.25) is 9.59 Å². The van der Waals surface area contributed by atoms with Crippen molar-refractivity contribution in [1.82, 2.24) is 15.0 Å². The zero-order valence-corrected chi connectivity index (χ0v) is 31.0. The van der Waals surface area contributed by atoms with E-state index in [4.69, 9.17) is 27.8 Å². The lowest BCUT2D eigenvalue weighted by Gasteiger charge is -2.12. The van der Waals surface area contributed by atoms with Crippen LogP contribution in [0.4, 0.5) is 0 Å². The number of hydrogen-bond donors (Lipinski definition) is 0. The molecular weight excluding hydrogens is 723 g/mol. The van der Waals surface area contributed by atoms with Crippen molar-refractivity contribution in [3.63, 3.8) is 0 Å². The largest absolute Gasteiger partial charge is 0.494 e. The summed E-state index contributed by atoms with van der Waals surface area (Å²) in [6, 6.07) is 40.5. The van der Waals surface area contributed by atoms with Crippen LogP contribution in [0.2, 0.25) is 0 Å². The number of rotatable bonds is 17. The standard InChI is InChI=1S/C46H39N3O8/c50-40-29-43(56-41-14-6-4-12-38(40)41)33-16-20-36(21-17-33)53-25-8-11-35-30-49(48-47-35)24-26-52-27-28-54-37-22-18-34(19-23-37)45-46(55-31-32-9-2-1-3-10-32)44(51)39-13-5-7-15-42(39)57-45/h1-7,9-10,12-23,29-30H,8,11,24-28,31H2. The molecule has 0 saturated carbocycles. The number of aryl methyl sites for hydroxylation is 1. The average Bonchev–Trinajstić information content (AvgIpc) is 3.71. The lowest BCUT2D eigenvalue weighted by Crippen LogP contribution is -2.12. The molecule has 0 spiro atoms. The van der Waals surface area contributed by atoms with E-state index >= 15 is 0 Å². The van der Waals surface area contributed by atoms with Gasteiger partial charge in [0, 0.05) is 23.4 Å². The van der Waals surface area contributed by atoms with E-state index in [1.54, 1.807) is 35.0 Å². The Kier molecular flexibility index (Phi) is 11.4. The quantitative estimate of drug-likeness (QED) is 0.0834. The SMILES string of the molecule is O=c1cc(-c2ccc(OCCCc3cn(CCOCCOc4ccc(-c5oc6ccccc6c(=O)c5OCc5ccccc5)cc4)nn3)cc2)oc2ccccc12. The van der Waals surface area contributed by atoms with Gasteiger partial charge in [-0.2, -0.15) is 0 Å². The molecule has 0 unspecified atom stereocenters. The Balaban J connectivity index is 0.753. The number of benzene rings is 5. The molecule has 11 heteroatoms. The van der Waals surface area contributed by atoms with Gasteiger partial charge in [0.25, 0.3) is 0 Å². The summed E-state index contributed by atoms with van der Waals surface area (Å²) in [5.41, 5.74) is 4.10. The topological polar surface area (TPSA) is 128 Å². The van der Waals surface area contributed by atoms with Crippen LogP contribution in [-0.4, -0.2) is 41.4 Å². The van der Waals surface area contributed by atoms with Crippen LogP contribution in [0.3, 0.4) is 0 Å². The van der Waals surface area contributed by atoms with E-state index in [2.05, 4.69) is 10.3 Å². The Hall–Kier alpha value is -6.98. The summed E-state index contributed by atoms with van der Waals surface area (Å²) >= 11 is 0. The highest BCUT2D eigenvalue weighted by atomic mass is 16.5. The summed E-state index contributed by atoms with van der Waals surface area (Å²) in [7, 11) is 0. The maximum atomic E-state index is 13.5. The second-order valence-corrected chi connectivity index (χ2v) is 13.3. The van der Waals surface area contributed by atoms with Crippen LogP contribution < -0.4 is 25.1 Å². The summed E-state index contributed by atoms with van der Waals surface area (Å²) < 4.78 is 37.6. The van der Waals surface area contributed by atoms with Crippen molar-refractivity contribution in [3.05, 3.63) is 171 Å². The van der Waals surface area contributed by atoms with Gasteiger partial charge in [-0.25, -0.2) is 4.68 Å². The van der Waals surface area contributed by atoms with E-state index in [1.807, 2.05) is 103 Å². The van der Waals surface area contributed by atoms with Crippen LogP contribution in [-0.2, 0) is 24.3 Å². The molecule has 8 rings (SSSR count). The molecule has 11 nitrogen and oxygen atoms in total. The van der Waals surface area contributed by atoms with Gasteiger partial charge < -0.3 is 27.8 Å². The maximum absolute atomic E-state index is 13.5. The summed E-state index contributed by atoms with van der Waals surface area (Å²) in [5, 5.41) is 9.52. The van der Waals surface area contributed by atoms with E-state index in [1.165, 1.54) is 6.07 Å². The van der Waals surface area contributed by atoms with E-state index in [-0.39, 0.29) is 23.2 Å². The highest BCUT2D eigenvalue weighted by Crippen LogP contribution is 2.32. The summed E-state index contributed by atoms with van der Waals surface area (Å²) in [5.74, 6) is 2.45. The van der Waals surface area contributed by atoms with Crippen molar-refractivity contribution < 1.29 is 27.8 Å². The molecule has 0 N–H and O–H groups in total. The van der Waals surface area contributed by atoms with Crippen LogP contribution in [0, 0.1) is 0 Å². The average molecular weight is 762 g/mol. The molecule has 0 bridgehead atoms. The third kappa shape index (κ3) is 9.12. The van der Waals surface area contributed by atoms with E-state index in [9.17, 15) is 9.59 Å². The third-order valence-electron chi connectivity index (χ3n) is 9.27. The summed E-state index contributed by atoms with van der Waals surface area (Å²) in [6.45, 7) is 2.54. The Bertz CT molecular complexity index is 2690. The summed E-state index contributed by atoms with van der Waals surface area (Å²) in [4.78, 5) is 25.9. The molecule has 3 heterocycles. The molecule has 0 saturated heterocycles. The minimum Gasteiger partial charge on any atom is -0.494 e. The molecular formula is C46H39N3O8. The first-order chi connectivity index (χ1) is 28.1. The smallest absolute Gasteiger partial charge is 0.235 e. The van der Waals surface area contributed by atoms with Gasteiger partial charge in [-0.15, -0.1) is 5.10 Å². The Labute approximate surface area is 327 Å². The predicted molar refractivity (Wildman–Crippen MR) is 217 cm³/mol. The van der Waals surface area contributed by atoms with E-state index < -0.39 is 0 Å². The fourth-order valence-electron chi connectivity index (χ4n) is 6.32. The van der Waals surface area contributed by atoms with E-state index in [0.717, 1.165) is 35.4 Å². The zero-order valence-electron chi connectivity index (χ0n) is 31.0. The molecule has 8 aromatic rings. The van der Waals surface area contributed by atoms with Gasteiger partial charge in [0.05, 0.1) is 42.8 Å². The molecule has 3 aromatic heterocycles. The molecule has 0 aliphatic carbocycles. The molecule has 0 amide bonds. The number of aromatic nitrogens is 3. The number of fused-ring (bicyclic) bond motifs is 2. The molecule has 57 heavy (non-hydrogen) atoms. The Morgan fingerprint density at radius 1 is 0.614 bits per heavy atom. The fourth-order valence-corrected chi connectivity index (χ4v) is 6.32. The first-order valence-electron chi connectivity index (χ1n) is 18.8. The highest BCUT2D eigenvalue weighted by molar-refractivity contribution is 5.82. The first kappa shape index (κ1) is 37.0. The third-order valence-corrected chi connectivity index (χ3v) is 9.27. The van der Waals surface area contributed by atoms with Gasteiger partial charge >= 0.3 is 0 Å². The van der Waals surface area contributed by atoms with E-state index in [0.29, 0.717) is 77.7 Å². The minimum atomic E-state index is -0.219. The first-order valence-corrected chi connectivity index (χ1v) is 18.8. The number of hydrogen-bond acceptors (Lipinski definition) is 10. The van der Waals surface area contributed by atoms with Crippen molar-refractivity contribution in [3.8, 4) is 39.9 Å². The number of ether oxygens (including phenoxy) is 4. The van der Waals surface area contributed by atoms with Crippen molar-refractivity contribution in [2.75, 3.05) is 26.4 Å². The maximum Gasteiger partial charge on any atom is 0.235 e. The predicted octanol–water partition coefficient (Wildman–Crippen LogP) is 8.51. The van der Waals surface area contributed by atoms with Gasteiger partial charge in [-0.1, -0.05) is 59.8 Å². The summed E-state index contributed by atoms with van der Waals surface area (Å²) in [6.07, 6.45) is 3.42. The van der Waals surface area contributed by atoms with Gasteiger partial charge in [0.1, 0.15) is 41.6 Å². The second kappa shape index (κ2) is 17.7. The van der Waals surface area contributed by atoms with Crippen LogP contribution in [0.15, 0.2) is 158 Å². The minimum absolute atomic E-state index is 0.0701. The molecule has 0 radical (unpaired) electrons. The lowest BCUT2D eigenvalue weighted by molar-refractivity contribution is 0.0923.